The molecule has 394 valence electrons. The van der Waals surface area contributed by atoms with Crippen LogP contribution in [0.1, 0.15) is 100 Å². The number of nitrogens with one attached hydrogen (secondary N) is 7. The number of rotatable bonds is 30. The van der Waals surface area contributed by atoms with E-state index < -0.39 is 126 Å². The Morgan fingerprint density at radius 1 is 0.623 bits per heavy atom. The molecule has 0 unspecified atom stereocenters. The number of nitrogens with two attached hydrogens (primary N) is 3. The van der Waals surface area contributed by atoms with Crippen molar-refractivity contribution in [1.82, 2.24) is 42.1 Å². The Bertz CT molecular complexity index is 1780. The van der Waals surface area contributed by atoms with Crippen molar-refractivity contribution in [3.8, 4) is 0 Å². The van der Waals surface area contributed by atoms with Crippen molar-refractivity contribution < 1.29 is 63.6 Å². The van der Waals surface area contributed by atoms with Crippen molar-refractivity contribution in [2.45, 2.75) is 167 Å². The van der Waals surface area contributed by atoms with Gasteiger partial charge in [-0.25, -0.2) is 4.79 Å². The van der Waals surface area contributed by atoms with Crippen molar-refractivity contribution in [1.29, 1.82) is 0 Å². The second kappa shape index (κ2) is 30.3. The van der Waals surface area contributed by atoms with E-state index in [1.54, 1.807) is 41.5 Å². The predicted molar refractivity (Wildman–Crippen MR) is 256 cm³/mol. The summed E-state index contributed by atoms with van der Waals surface area (Å²) in [5, 5.41) is 57.8. The smallest absolute Gasteiger partial charge is 0.326 e. The number of aliphatic hydroxyl groups excluding tert-OH is 3. The molecule has 0 aromatic carbocycles. The van der Waals surface area contributed by atoms with Gasteiger partial charge in [-0.2, -0.15) is 12.6 Å². The molecule has 0 saturated carbocycles. The van der Waals surface area contributed by atoms with Gasteiger partial charge in [-0.1, -0.05) is 41.5 Å². The first-order valence-electron chi connectivity index (χ1n) is 23.2. The van der Waals surface area contributed by atoms with Crippen LogP contribution in [0.15, 0.2) is 4.99 Å². The first-order valence-corrected chi connectivity index (χ1v) is 23.8. The van der Waals surface area contributed by atoms with Gasteiger partial charge in [0.05, 0.1) is 18.8 Å². The molecule has 11 atom stereocenters. The number of aliphatic imine (C=N–C) groups is 1. The van der Waals surface area contributed by atoms with Crippen LogP contribution in [0.3, 0.4) is 0 Å². The van der Waals surface area contributed by atoms with Crippen molar-refractivity contribution in [3.05, 3.63) is 0 Å². The number of thiol groups is 1. The number of aliphatic hydroxyl groups is 3. The molecule has 17 N–H and O–H groups in total. The molecule has 8 amide bonds. The van der Waals surface area contributed by atoms with Crippen LogP contribution >= 0.6 is 12.6 Å². The number of carbonyl (C=O) groups excluding carboxylic acids is 8. The van der Waals surface area contributed by atoms with Gasteiger partial charge in [0.15, 0.2) is 5.96 Å². The van der Waals surface area contributed by atoms with E-state index in [0.29, 0.717) is 6.42 Å². The molecule has 1 saturated heterocycles. The number of carboxylic acid groups (broad SMARTS) is 1. The largest absolute Gasteiger partial charge is 0.480 e. The molecule has 69 heavy (non-hydrogen) atoms. The molecule has 0 aromatic heterocycles. The van der Waals surface area contributed by atoms with E-state index in [1.165, 1.54) is 18.7 Å². The molecular formula is C43H78N12O13S. The standard InChI is InChI=1S/C43H78N12O13S/c1-20(2)15-26(36(61)53-30(19-69)41(66)55-14-10-12-31(55)42(67)68)49-35(60)27(16-21(3)4)51-40(65)33(24(8)58)54-37(62)28(17-22(5)6)50-38(63)29(18-56)52-34(59)25(11-9-13-47-43(45)46)48-39(64)32(44)23(7)57/h20-33,56-58,69H,9-19,44H2,1-8H3,(H,48,64)(H,49,60)(H,50,63)(H,51,65)(H,52,59)(H,53,61)(H,54,62)(H,67,68)(H4,45,46,47)/t23-,24-,25+,26+,27+,28+,29+,30+,31+,32+,33+/m1/s1. The van der Waals surface area contributed by atoms with E-state index in [0.717, 1.165) is 0 Å². The lowest BCUT2D eigenvalue weighted by Crippen LogP contribution is -2.62. The second-order valence-electron chi connectivity index (χ2n) is 18.6. The van der Waals surface area contributed by atoms with Crippen molar-refractivity contribution in [2.75, 3.05) is 25.4 Å². The van der Waals surface area contributed by atoms with Gasteiger partial charge in [-0.15, -0.1) is 0 Å². The third kappa shape index (κ3) is 21.5. The molecule has 1 rings (SSSR count). The van der Waals surface area contributed by atoms with Gasteiger partial charge in [0.2, 0.25) is 47.3 Å². The normalized spacial score (nSPS) is 18.0. The van der Waals surface area contributed by atoms with Crippen LogP contribution in [-0.4, -0.2) is 177 Å². The monoisotopic (exact) mass is 1000 g/mol. The molecule has 1 aliphatic rings. The van der Waals surface area contributed by atoms with Gasteiger partial charge in [0.1, 0.15) is 54.4 Å². The average Bonchev–Trinajstić information content (AvgIpc) is 3.76. The van der Waals surface area contributed by atoms with E-state index in [1.807, 2.05) is 0 Å². The number of aliphatic carboxylic acids is 1. The van der Waals surface area contributed by atoms with Gasteiger partial charge in [0.25, 0.3) is 0 Å². The lowest BCUT2D eigenvalue weighted by Gasteiger charge is -2.30. The summed E-state index contributed by atoms with van der Waals surface area (Å²) in [6.45, 7) is 12.3. The van der Waals surface area contributed by atoms with Gasteiger partial charge in [-0.3, -0.25) is 43.3 Å². The molecule has 1 heterocycles. The van der Waals surface area contributed by atoms with Crippen molar-refractivity contribution >= 4 is 71.8 Å². The van der Waals surface area contributed by atoms with Crippen LogP contribution in [0.5, 0.6) is 0 Å². The number of carbonyl (C=O) groups is 9. The third-order valence-corrected chi connectivity index (χ3v) is 11.3. The first kappa shape index (κ1) is 61.7. The number of amides is 8. The average molecular weight is 1000 g/mol. The zero-order valence-corrected chi connectivity index (χ0v) is 41.8. The highest BCUT2D eigenvalue weighted by Crippen LogP contribution is 2.19. The minimum Gasteiger partial charge on any atom is -0.480 e. The zero-order valence-electron chi connectivity index (χ0n) is 40.9. The quantitative estimate of drug-likeness (QED) is 0.0140. The Labute approximate surface area is 408 Å². The van der Waals surface area contributed by atoms with E-state index in [-0.39, 0.29) is 81.1 Å². The van der Waals surface area contributed by atoms with Crippen LogP contribution in [-0.2, 0) is 43.2 Å². The maximum absolute atomic E-state index is 13.9. The van der Waals surface area contributed by atoms with Crippen molar-refractivity contribution in [2.24, 2.45) is 39.9 Å². The second-order valence-corrected chi connectivity index (χ2v) is 19.0. The fourth-order valence-corrected chi connectivity index (χ4v) is 7.49. The van der Waals surface area contributed by atoms with Crippen LogP contribution in [0, 0.1) is 17.8 Å². The minimum absolute atomic E-state index is 0.0336. The number of guanidine groups is 1. The summed E-state index contributed by atoms with van der Waals surface area (Å²) in [5.74, 6) is -9.16. The topological polar surface area (TPSA) is 412 Å². The first-order chi connectivity index (χ1) is 32.1. The summed E-state index contributed by atoms with van der Waals surface area (Å²) < 4.78 is 0. The van der Waals surface area contributed by atoms with Crippen LogP contribution in [0.2, 0.25) is 0 Å². The number of nitrogens with zero attached hydrogens (tertiary/aromatic N) is 2. The number of hydrogen-bond acceptors (Lipinski definition) is 15. The fourth-order valence-electron chi connectivity index (χ4n) is 7.24. The molecule has 25 nitrogen and oxygen atoms in total. The zero-order chi connectivity index (χ0) is 52.9. The lowest BCUT2D eigenvalue weighted by molar-refractivity contribution is -0.149. The molecule has 0 spiro atoms. The predicted octanol–water partition coefficient (Wildman–Crippen LogP) is -4.34. The Kier molecular flexibility index (Phi) is 27.1. The summed E-state index contributed by atoms with van der Waals surface area (Å²) in [4.78, 5) is 125. The summed E-state index contributed by atoms with van der Waals surface area (Å²) >= 11 is 4.22. The van der Waals surface area contributed by atoms with Crippen molar-refractivity contribution in [3.63, 3.8) is 0 Å². The van der Waals surface area contributed by atoms with Crippen LogP contribution in [0.25, 0.3) is 0 Å². The van der Waals surface area contributed by atoms with Gasteiger partial charge in [-0.05, 0) is 76.5 Å². The Morgan fingerprint density at radius 3 is 1.46 bits per heavy atom. The molecular weight excluding hydrogens is 925 g/mol. The molecule has 1 aliphatic heterocycles. The molecule has 1 fully saturated rings. The third-order valence-electron chi connectivity index (χ3n) is 10.9. The molecule has 0 aromatic rings. The van der Waals surface area contributed by atoms with E-state index in [9.17, 15) is 63.6 Å². The molecule has 0 radical (unpaired) electrons. The van der Waals surface area contributed by atoms with E-state index in [4.69, 9.17) is 17.2 Å². The Morgan fingerprint density at radius 2 is 1.04 bits per heavy atom. The lowest BCUT2D eigenvalue weighted by atomic mass is 9.99. The highest BCUT2D eigenvalue weighted by Gasteiger charge is 2.39. The summed E-state index contributed by atoms with van der Waals surface area (Å²) in [6, 6.07) is -12.3. The summed E-state index contributed by atoms with van der Waals surface area (Å²) in [6.07, 6.45) is -1.92. The van der Waals surface area contributed by atoms with Crippen LogP contribution in [0.4, 0.5) is 0 Å². The Hall–Kier alpha value is -5.31. The number of hydrogen-bond donors (Lipinski definition) is 15. The molecule has 0 aliphatic carbocycles. The van der Waals surface area contributed by atoms with E-state index >= 15 is 0 Å². The molecule has 26 heteroatoms. The summed E-state index contributed by atoms with van der Waals surface area (Å²) in [7, 11) is 0. The highest BCUT2D eigenvalue weighted by molar-refractivity contribution is 7.80. The molecule has 0 bridgehead atoms. The van der Waals surface area contributed by atoms with Gasteiger partial charge in [0, 0.05) is 18.8 Å². The maximum Gasteiger partial charge on any atom is 0.326 e. The number of carboxylic acids is 1. The SMILES string of the molecule is CC(C)C[C@H](NC(=O)[C@H](CC(C)C)NC(=O)[C@@H](NC(=O)[C@H](CC(C)C)NC(=O)[C@H](CO)NC(=O)[C@H](CCCN=C(N)N)NC(=O)[C@@H](N)[C@@H](C)O)[C@@H](C)O)C(=O)N[C@@H](CS)C(=O)N1CCC[C@H]1C(=O)O. The summed E-state index contributed by atoms with van der Waals surface area (Å²) in [5.41, 5.74) is 16.5. The fraction of sp³-hybridized carbons (Fsp3) is 0.767. The van der Waals surface area contributed by atoms with E-state index in [2.05, 4.69) is 54.8 Å². The van der Waals surface area contributed by atoms with Crippen LogP contribution < -0.4 is 54.4 Å². The highest BCUT2D eigenvalue weighted by atomic mass is 32.1. The minimum atomic E-state index is -1.70. The van der Waals surface area contributed by atoms with Gasteiger partial charge < -0.3 is 79.7 Å². The number of likely N-dealkylation sites (tertiary alicyclic amines) is 1. The Balaban J connectivity index is 3.30. The maximum atomic E-state index is 13.9. The van der Waals surface area contributed by atoms with Gasteiger partial charge >= 0.3 is 5.97 Å².